The molecular weight excluding hydrogens is 438 g/mol. The largest absolute Gasteiger partial charge is 0.387 e. The fourth-order valence-corrected chi connectivity index (χ4v) is 2.96. The normalized spacial score (nSPS) is 14.9. The van der Waals surface area contributed by atoms with E-state index in [1.807, 2.05) is 25.1 Å². The first-order chi connectivity index (χ1) is 11.9. The summed E-state index contributed by atoms with van der Waals surface area (Å²) in [5.74, 6) is -0.953. The van der Waals surface area contributed by atoms with Crippen molar-refractivity contribution >= 4 is 39.9 Å². The van der Waals surface area contributed by atoms with Crippen molar-refractivity contribution in [3.63, 3.8) is 0 Å². The lowest BCUT2D eigenvalue weighted by molar-refractivity contribution is -0.0230. The Morgan fingerprint density at radius 1 is 1.28 bits per heavy atom. The molecule has 0 unspecified atom stereocenters. The Morgan fingerprint density at radius 2 is 2.04 bits per heavy atom. The van der Waals surface area contributed by atoms with E-state index in [9.17, 15) is 14.3 Å². The number of halogens is 2. The van der Waals surface area contributed by atoms with Crippen molar-refractivity contribution in [3.05, 3.63) is 56.9 Å². The van der Waals surface area contributed by atoms with Gasteiger partial charge in [0.25, 0.3) is 5.91 Å². The summed E-state index contributed by atoms with van der Waals surface area (Å²) in [7, 11) is 0. The minimum Gasteiger partial charge on any atom is -0.387 e. The molecule has 1 fully saturated rings. The minimum absolute atomic E-state index is 0.0406. The summed E-state index contributed by atoms with van der Waals surface area (Å²) in [6.07, 6.45) is 1.33. The van der Waals surface area contributed by atoms with Gasteiger partial charge in [-0.2, -0.15) is 0 Å². The summed E-state index contributed by atoms with van der Waals surface area (Å²) in [5, 5.41) is 12.8. The summed E-state index contributed by atoms with van der Waals surface area (Å²) in [6.45, 7) is 1.97. The van der Waals surface area contributed by atoms with E-state index >= 15 is 0 Å². The molecular formula is C18H18FIN2O3. The Morgan fingerprint density at radius 3 is 2.72 bits per heavy atom. The Kier molecular flexibility index (Phi) is 5.26. The number of anilines is 2. The van der Waals surface area contributed by atoms with Crippen molar-refractivity contribution in [2.45, 2.75) is 25.4 Å². The van der Waals surface area contributed by atoms with Crippen LogP contribution in [0.4, 0.5) is 15.8 Å². The van der Waals surface area contributed by atoms with Gasteiger partial charge in [-0.25, -0.2) is 9.87 Å². The molecule has 5 nitrogen and oxygen atoms in total. The van der Waals surface area contributed by atoms with Crippen LogP contribution in [0.2, 0.25) is 0 Å². The fraction of sp³-hybridized carbons (Fsp3) is 0.278. The van der Waals surface area contributed by atoms with Crippen molar-refractivity contribution < 1.29 is 19.1 Å². The Hall–Kier alpha value is -1.71. The van der Waals surface area contributed by atoms with Gasteiger partial charge in [0.05, 0.1) is 16.9 Å². The van der Waals surface area contributed by atoms with Gasteiger partial charge in [-0.1, -0.05) is 0 Å². The first kappa shape index (κ1) is 18.1. The number of hydrogen-bond donors (Lipinski definition) is 3. The molecule has 2 aromatic carbocycles. The van der Waals surface area contributed by atoms with Gasteiger partial charge in [-0.05, 0) is 84.3 Å². The predicted octanol–water partition coefficient (Wildman–Crippen LogP) is 3.67. The van der Waals surface area contributed by atoms with Gasteiger partial charge >= 0.3 is 0 Å². The average molecular weight is 456 g/mol. The smallest absolute Gasteiger partial charge is 0.276 e. The highest BCUT2D eigenvalue weighted by atomic mass is 127. The molecule has 1 amide bonds. The summed E-state index contributed by atoms with van der Waals surface area (Å²) >= 11 is 2.21. The Bertz CT molecular complexity index is 809. The zero-order valence-electron chi connectivity index (χ0n) is 13.6. The van der Waals surface area contributed by atoms with Crippen molar-refractivity contribution in [1.82, 2.24) is 5.48 Å². The van der Waals surface area contributed by atoms with Crippen LogP contribution in [-0.2, 0) is 4.84 Å². The molecule has 0 aliphatic heterocycles. The molecule has 0 bridgehead atoms. The van der Waals surface area contributed by atoms with Gasteiger partial charge in [0, 0.05) is 9.26 Å². The van der Waals surface area contributed by atoms with Crippen molar-refractivity contribution in [2.75, 3.05) is 11.9 Å². The summed E-state index contributed by atoms with van der Waals surface area (Å²) < 4.78 is 14.7. The van der Waals surface area contributed by atoms with Crippen LogP contribution in [0, 0.1) is 16.3 Å². The number of rotatable bonds is 6. The van der Waals surface area contributed by atoms with E-state index in [1.54, 1.807) is 0 Å². The van der Waals surface area contributed by atoms with Gasteiger partial charge in [-0.15, -0.1) is 0 Å². The lowest BCUT2D eigenvalue weighted by Crippen LogP contribution is -2.29. The lowest BCUT2D eigenvalue weighted by atomic mass is 10.1. The van der Waals surface area contributed by atoms with E-state index in [-0.39, 0.29) is 12.2 Å². The number of hydroxylamine groups is 1. The average Bonchev–Trinajstić information content (AvgIpc) is 3.28. The topological polar surface area (TPSA) is 70.6 Å². The molecule has 3 N–H and O–H groups in total. The lowest BCUT2D eigenvalue weighted by Gasteiger charge is -2.15. The fourth-order valence-electron chi connectivity index (χ4n) is 2.31. The van der Waals surface area contributed by atoms with Gasteiger partial charge in [0.1, 0.15) is 12.4 Å². The van der Waals surface area contributed by atoms with E-state index in [1.165, 1.54) is 18.2 Å². The number of nitrogens with one attached hydrogen (secondary N) is 2. The van der Waals surface area contributed by atoms with Gasteiger partial charge in [0.15, 0.2) is 0 Å². The molecule has 0 aromatic heterocycles. The highest BCUT2D eigenvalue weighted by Crippen LogP contribution is 2.34. The summed E-state index contributed by atoms with van der Waals surface area (Å²) in [6, 6.07) is 9.67. The van der Waals surface area contributed by atoms with Crippen LogP contribution in [0.3, 0.4) is 0 Å². The van der Waals surface area contributed by atoms with Crippen molar-refractivity contribution in [1.29, 1.82) is 0 Å². The van der Waals surface area contributed by atoms with Crippen LogP contribution in [0.25, 0.3) is 0 Å². The molecule has 3 rings (SSSR count). The van der Waals surface area contributed by atoms with Crippen LogP contribution in [0.15, 0.2) is 36.4 Å². The van der Waals surface area contributed by atoms with E-state index < -0.39 is 17.3 Å². The van der Waals surface area contributed by atoms with Crippen molar-refractivity contribution in [2.24, 2.45) is 0 Å². The molecule has 0 saturated heterocycles. The Labute approximate surface area is 158 Å². The van der Waals surface area contributed by atoms with Crippen LogP contribution in [0.1, 0.15) is 28.8 Å². The maximum absolute atomic E-state index is 13.7. The standard InChI is InChI=1S/C18H18FIN2O3/c1-11-8-13(20)3-5-15(11)21-16-9-12(19)2-4-14(16)17(23)22-25-10-18(24)6-7-18/h2-5,8-9,21,24H,6-7,10H2,1H3,(H,22,23). The summed E-state index contributed by atoms with van der Waals surface area (Å²) in [5.41, 5.74) is 3.84. The molecule has 25 heavy (non-hydrogen) atoms. The number of carbonyl (C=O) groups is 1. The van der Waals surface area contributed by atoms with Crippen LogP contribution in [-0.4, -0.2) is 23.2 Å². The molecule has 1 aliphatic carbocycles. The van der Waals surface area contributed by atoms with E-state index in [0.717, 1.165) is 14.8 Å². The summed E-state index contributed by atoms with van der Waals surface area (Å²) in [4.78, 5) is 17.4. The highest BCUT2D eigenvalue weighted by Gasteiger charge is 2.41. The zero-order chi connectivity index (χ0) is 18.0. The van der Waals surface area contributed by atoms with E-state index in [2.05, 4.69) is 33.4 Å². The number of carbonyl (C=O) groups excluding carboxylic acids is 1. The first-order valence-electron chi connectivity index (χ1n) is 7.84. The number of amides is 1. The maximum atomic E-state index is 13.7. The van der Waals surface area contributed by atoms with Crippen LogP contribution < -0.4 is 10.8 Å². The van der Waals surface area contributed by atoms with Crippen LogP contribution >= 0.6 is 22.6 Å². The maximum Gasteiger partial charge on any atom is 0.276 e. The van der Waals surface area contributed by atoms with Crippen LogP contribution in [0.5, 0.6) is 0 Å². The monoisotopic (exact) mass is 456 g/mol. The van der Waals surface area contributed by atoms with Gasteiger partial charge < -0.3 is 10.4 Å². The van der Waals surface area contributed by atoms with Gasteiger partial charge in [-0.3, -0.25) is 9.63 Å². The SMILES string of the molecule is Cc1cc(I)ccc1Nc1cc(F)ccc1C(=O)NOCC1(O)CC1. The van der Waals surface area contributed by atoms with Gasteiger partial charge in [0.2, 0.25) is 0 Å². The second-order valence-electron chi connectivity index (χ2n) is 6.22. The second-order valence-corrected chi connectivity index (χ2v) is 7.46. The quantitative estimate of drug-likeness (QED) is 0.459. The molecule has 132 valence electrons. The molecule has 0 atom stereocenters. The molecule has 0 radical (unpaired) electrons. The first-order valence-corrected chi connectivity index (χ1v) is 8.91. The Balaban J connectivity index is 1.76. The number of aliphatic hydroxyl groups is 1. The third-order valence-corrected chi connectivity index (χ3v) is 4.69. The zero-order valence-corrected chi connectivity index (χ0v) is 15.8. The number of benzene rings is 2. The predicted molar refractivity (Wildman–Crippen MR) is 101 cm³/mol. The number of hydrogen-bond acceptors (Lipinski definition) is 4. The van der Waals surface area contributed by atoms with E-state index in [4.69, 9.17) is 4.84 Å². The molecule has 7 heteroatoms. The molecule has 0 spiro atoms. The second kappa shape index (κ2) is 7.27. The van der Waals surface area contributed by atoms with E-state index in [0.29, 0.717) is 18.5 Å². The third kappa shape index (κ3) is 4.68. The number of aryl methyl sites for hydroxylation is 1. The molecule has 0 heterocycles. The van der Waals surface area contributed by atoms with Crippen molar-refractivity contribution in [3.8, 4) is 0 Å². The molecule has 2 aromatic rings. The molecule has 1 aliphatic rings. The minimum atomic E-state index is -0.824. The third-order valence-electron chi connectivity index (χ3n) is 4.02. The highest BCUT2D eigenvalue weighted by molar-refractivity contribution is 14.1. The molecule has 1 saturated carbocycles.